The van der Waals surface area contributed by atoms with E-state index in [0.29, 0.717) is 19.5 Å². The Morgan fingerprint density at radius 1 is 1.03 bits per heavy atom. The molecular weight excluding hydrogens is 416 g/mol. The van der Waals surface area contributed by atoms with E-state index >= 15 is 0 Å². The molecule has 0 bridgehead atoms. The summed E-state index contributed by atoms with van der Waals surface area (Å²) in [5, 5.41) is 0. The first kappa shape index (κ1) is 23.7. The van der Waals surface area contributed by atoms with Gasteiger partial charge in [0.25, 0.3) is 0 Å². The van der Waals surface area contributed by atoms with Crippen LogP contribution in [-0.4, -0.2) is 73.9 Å². The van der Waals surface area contributed by atoms with Gasteiger partial charge in [-0.3, -0.25) is 14.5 Å². The molecule has 0 spiro atoms. The van der Waals surface area contributed by atoms with Gasteiger partial charge in [-0.1, -0.05) is 49.6 Å². The number of hydrogen-bond donors (Lipinski definition) is 0. The van der Waals surface area contributed by atoms with E-state index in [9.17, 15) is 18.0 Å². The second kappa shape index (κ2) is 11.1. The largest absolute Gasteiger partial charge is 0.469 e. The molecule has 1 saturated heterocycles. The zero-order valence-electron chi connectivity index (χ0n) is 18.4. The third-order valence-corrected chi connectivity index (χ3v) is 8.08. The summed E-state index contributed by atoms with van der Waals surface area (Å²) in [7, 11) is -1.72. The number of carbonyl (C=O) groups is 2. The summed E-state index contributed by atoms with van der Waals surface area (Å²) in [5.74, 6) is -0.119. The maximum atomic E-state index is 13.5. The van der Waals surface area contributed by atoms with Crippen molar-refractivity contribution in [2.45, 2.75) is 63.6 Å². The Balaban J connectivity index is 1.75. The molecule has 31 heavy (non-hydrogen) atoms. The highest BCUT2D eigenvalue weighted by Gasteiger charge is 2.38. The molecule has 0 aromatic heterocycles. The van der Waals surface area contributed by atoms with Crippen molar-refractivity contribution >= 4 is 21.7 Å². The number of hydrogen-bond acceptors (Lipinski definition) is 6. The van der Waals surface area contributed by atoms with Gasteiger partial charge in [-0.2, -0.15) is 0 Å². The van der Waals surface area contributed by atoms with Crippen molar-refractivity contribution in [3.05, 3.63) is 35.9 Å². The van der Waals surface area contributed by atoms with E-state index in [4.69, 9.17) is 4.74 Å². The molecule has 1 heterocycles. The van der Waals surface area contributed by atoms with Gasteiger partial charge < -0.3 is 9.64 Å². The SMILES string of the molecule is COC(=O)CCN(CC(=O)N(C1CCCCC1)C1CCS(=O)(=O)C1)Cc1ccccc1. The number of amides is 1. The van der Waals surface area contributed by atoms with Crippen LogP contribution in [0.2, 0.25) is 0 Å². The molecule has 0 N–H and O–H groups in total. The molecule has 1 atom stereocenters. The summed E-state index contributed by atoms with van der Waals surface area (Å²) in [6.07, 6.45) is 5.91. The van der Waals surface area contributed by atoms with E-state index in [1.807, 2.05) is 40.1 Å². The predicted molar refractivity (Wildman–Crippen MR) is 119 cm³/mol. The van der Waals surface area contributed by atoms with Crippen molar-refractivity contribution < 1.29 is 22.7 Å². The lowest BCUT2D eigenvalue weighted by Gasteiger charge is -2.39. The fourth-order valence-corrected chi connectivity index (χ4v) is 6.45. The van der Waals surface area contributed by atoms with Crippen molar-refractivity contribution in [3.63, 3.8) is 0 Å². The number of esters is 1. The van der Waals surface area contributed by atoms with Crippen LogP contribution in [-0.2, 0) is 30.7 Å². The van der Waals surface area contributed by atoms with Gasteiger partial charge in [-0.15, -0.1) is 0 Å². The van der Waals surface area contributed by atoms with Crippen LogP contribution in [0, 0.1) is 0 Å². The van der Waals surface area contributed by atoms with Crippen molar-refractivity contribution in [3.8, 4) is 0 Å². The summed E-state index contributed by atoms with van der Waals surface area (Å²) in [6.45, 7) is 1.12. The number of rotatable bonds is 9. The van der Waals surface area contributed by atoms with E-state index in [2.05, 4.69) is 0 Å². The van der Waals surface area contributed by atoms with E-state index < -0.39 is 9.84 Å². The zero-order valence-corrected chi connectivity index (χ0v) is 19.2. The summed E-state index contributed by atoms with van der Waals surface area (Å²) in [5.41, 5.74) is 1.06. The number of carbonyl (C=O) groups excluding carboxylic acids is 2. The molecule has 0 radical (unpaired) electrons. The van der Waals surface area contributed by atoms with Crippen LogP contribution in [0.15, 0.2) is 30.3 Å². The fraction of sp³-hybridized carbons (Fsp3) is 0.652. The minimum atomic E-state index is -3.08. The number of benzene rings is 1. The Morgan fingerprint density at radius 3 is 2.35 bits per heavy atom. The van der Waals surface area contributed by atoms with Gasteiger partial charge in [-0.05, 0) is 24.8 Å². The summed E-state index contributed by atoms with van der Waals surface area (Å²) < 4.78 is 29.0. The van der Waals surface area contributed by atoms with Gasteiger partial charge in [-0.25, -0.2) is 8.42 Å². The van der Waals surface area contributed by atoms with Crippen molar-refractivity contribution in [1.82, 2.24) is 9.80 Å². The van der Waals surface area contributed by atoms with Gasteiger partial charge in [0.05, 0.1) is 31.6 Å². The second-order valence-electron chi connectivity index (χ2n) is 8.67. The van der Waals surface area contributed by atoms with Crippen LogP contribution >= 0.6 is 0 Å². The van der Waals surface area contributed by atoms with Crippen molar-refractivity contribution in [1.29, 1.82) is 0 Å². The Kier molecular flexibility index (Phi) is 8.49. The predicted octanol–water partition coefficient (Wildman–Crippen LogP) is 2.40. The van der Waals surface area contributed by atoms with E-state index in [1.165, 1.54) is 13.5 Å². The normalized spacial score (nSPS) is 21.2. The molecule has 1 unspecified atom stereocenters. The third-order valence-electron chi connectivity index (χ3n) is 6.33. The molecule has 7 nitrogen and oxygen atoms in total. The molecule has 1 amide bonds. The molecule has 2 aliphatic rings. The van der Waals surface area contributed by atoms with E-state index in [1.54, 1.807) is 0 Å². The molecule has 1 aliphatic carbocycles. The molecule has 8 heteroatoms. The summed E-state index contributed by atoms with van der Waals surface area (Å²) in [6, 6.07) is 9.72. The quantitative estimate of drug-likeness (QED) is 0.537. The Labute approximate surface area is 185 Å². The topological polar surface area (TPSA) is 84.0 Å². The highest BCUT2D eigenvalue weighted by atomic mass is 32.2. The molecular formula is C23H34N2O5S. The monoisotopic (exact) mass is 450 g/mol. The van der Waals surface area contributed by atoms with Gasteiger partial charge >= 0.3 is 5.97 Å². The van der Waals surface area contributed by atoms with E-state index in [-0.39, 0.29) is 48.4 Å². The lowest BCUT2D eigenvalue weighted by atomic mass is 9.92. The van der Waals surface area contributed by atoms with Crippen molar-refractivity contribution in [2.24, 2.45) is 0 Å². The summed E-state index contributed by atoms with van der Waals surface area (Å²) >= 11 is 0. The number of sulfone groups is 1. The zero-order chi connectivity index (χ0) is 22.3. The first-order valence-electron chi connectivity index (χ1n) is 11.2. The van der Waals surface area contributed by atoms with Gasteiger partial charge in [0, 0.05) is 25.2 Å². The number of methoxy groups -OCH3 is 1. The first-order chi connectivity index (χ1) is 14.9. The lowest BCUT2D eigenvalue weighted by Crippen LogP contribution is -2.52. The van der Waals surface area contributed by atoms with Gasteiger partial charge in [0.2, 0.25) is 5.91 Å². The molecule has 2 fully saturated rings. The highest BCUT2D eigenvalue weighted by molar-refractivity contribution is 7.91. The molecule has 1 aliphatic heterocycles. The molecule has 172 valence electrons. The molecule has 3 rings (SSSR count). The van der Waals surface area contributed by atoms with Gasteiger partial charge in [0.1, 0.15) is 0 Å². The average Bonchev–Trinajstić information content (AvgIpc) is 3.12. The highest BCUT2D eigenvalue weighted by Crippen LogP contribution is 2.28. The van der Waals surface area contributed by atoms with Gasteiger partial charge in [0.15, 0.2) is 9.84 Å². The van der Waals surface area contributed by atoms with Crippen molar-refractivity contribution in [2.75, 3.05) is 31.7 Å². The summed E-state index contributed by atoms with van der Waals surface area (Å²) in [4.78, 5) is 29.1. The Morgan fingerprint density at radius 2 is 1.74 bits per heavy atom. The van der Waals surface area contributed by atoms with Crippen LogP contribution in [0.4, 0.5) is 0 Å². The standard InChI is InChI=1S/C23H34N2O5S/c1-30-23(27)12-14-24(16-19-8-4-2-5-9-19)17-22(26)25(20-10-6-3-7-11-20)21-13-15-31(28,29)18-21/h2,4-5,8-9,20-21H,3,6-7,10-18H2,1H3. The Hall–Kier alpha value is -1.93. The minimum absolute atomic E-state index is 0.0326. The molecule has 1 saturated carbocycles. The fourth-order valence-electron chi connectivity index (χ4n) is 4.74. The lowest BCUT2D eigenvalue weighted by molar-refractivity contribution is -0.142. The maximum Gasteiger partial charge on any atom is 0.306 e. The van der Waals surface area contributed by atoms with Crippen LogP contribution in [0.5, 0.6) is 0 Å². The first-order valence-corrected chi connectivity index (χ1v) is 13.0. The van der Waals surface area contributed by atoms with Crippen LogP contribution in [0.25, 0.3) is 0 Å². The number of ether oxygens (including phenoxy) is 1. The van der Waals surface area contributed by atoms with Crippen LogP contribution in [0.3, 0.4) is 0 Å². The second-order valence-corrected chi connectivity index (χ2v) is 10.9. The van der Waals surface area contributed by atoms with E-state index in [0.717, 1.165) is 31.2 Å². The maximum absolute atomic E-state index is 13.5. The number of nitrogens with zero attached hydrogens (tertiary/aromatic N) is 2. The smallest absolute Gasteiger partial charge is 0.306 e. The third kappa shape index (κ3) is 7.04. The molecule has 1 aromatic rings. The van der Waals surface area contributed by atoms with Crippen LogP contribution in [0.1, 0.15) is 50.5 Å². The average molecular weight is 451 g/mol. The minimum Gasteiger partial charge on any atom is -0.469 e. The Bertz CT molecular complexity index is 837. The van der Waals surface area contributed by atoms with Crippen LogP contribution < -0.4 is 0 Å². The molecule has 1 aromatic carbocycles.